The second kappa shape index (κ2) is 4.27. The molecule has 1 N–H and O–H groups in total. The van der Waals surface area contributed by atoms with Crippen LogP contribution in [0.3, 0.4) is 0 Å². The smallest absolute Gasteiger partial charge is 0.0451 e. The summed E-state index contributed by atoms with van der Waals surface area (Å²) in [7, 11) is 0. The Hall–Kier alpha value is -1.02. The van der Waals surface area contributed by atoms with Gasteiger partial charge in [0.2, 0.25) is 0 Å². The predicted octanol–water partition coefficient (Wildman–Crippen LogP) is 3.03. The van der Waals surface area contributed by atoms with Gasteiger partial charge in [-0.2, -0.15) is 0 Å². The van der Waals surface area contributed by atoms with Crippen LogP contribution in [0.1, 0.15) is 49.1 Å². The second-order valence-corrected chi connectivity index (χ2v) is 6.04. The van der Waals surface area contributed by atoms with Crippen molar-refractivity contribution in [2.24, 2.45) is 0 Å². The lowest BCUT2D eigenvalue weighted by Crippen LogP contribution is -2.36. The van der Waals surface area contributed by atoms with E-state index in [1.807, 2.05) is 0 Å². The van der Waals surface area contributed by atoms with Crippen LogP contribution in [0, 0.1) is 0 Å². The van der Waals surface area contributed by atoms with Gasteiger partial charge in [0.15, 0.2) is 0 Å². The van der Waals surface area contributed by atoms with Crippen molar-refractivity contribution in [2.45, 2.75) is 50.6 Å². The summed E-state index contributed by atoms with van der Waals surface area (Å²) in [5, 5.41) is 3.56. The van der Waals surface area contributed by atoms with Gasteiger partial charge in [0.05, 0.1) is 0 Å². The fourth-order valence-electron chi connectivity index (χ4n) is 4.29. The topological polar surface area (TPSA) is 15.3 Å². The van der Waals surface area contributed by atoms with E-state index in [9.17, 15) is 0 Å². The normalized spacial score (nSPS) is 30.3. The lowest BCUT2D eigenvalue weighted by atomic mass is 9.90. The lowest BCUT2D eigenvalue weighted by Gasteiger charge is -2.29. The maximum absolute atomic E-state index is 3.56. The van der Waals surface area contributed by atoms with Gasteiger partial charge in [-0.3, -0.25) is 0 Å². The number of hydrogen-bond donors (Lipinski definition) is 1. The van der Waals surface area contributed by atoms with Gasteiger partial charge in [-0.1, -0.05) is 37.5 Å². The molecule has 2 unspecified atom stereocenters. The van der Waals surface area contributed by atoms with Crippen molar-refractivity contribution in [3.8, 4) is 0 Å². The minimum absolute atomic E-state index is 0.795. The summed E-state index contributed by atoms with van der Waals surface area (Å²) in [6.07, 6.45) is 7.10. The molecule has 0 radical (unpaired) electrons. The highest BCUT2D eigenvalue weighted by Crippen LogP contribution is 2.48. The number of rotatable bonds is 0. The Morgan fingerprint density at radius 2 is 2.06 bits per heavy atom. The van der Waals surface area contributed by atoms with Crippen molar-refractivity contribution in [1.82, 2.24) is 5.32 Å². The molecule has 1 fully saturated rings. The summed E-state index contributed by atoms with van der Waals surface area (Å²) in [4.78, 5) is 2.74. The molecular formula is C16H22N2. The maximum Gasteiger partial charge on any atom is 0.0451 e. The molecule has 0 bridgehead atoms. The highest BCUT2D eigenvalue weighted by molar-refractivity contribution is 5.67. The average Bonchev–Trinajstić information content (AvgIpc) is 2.61. The highest BCUT2D eigenvalue weighted by Gasteiger charge is 2.40. The van der Waals surface area contributed by atoms with Crippen LogP contribution in [0.5, 0.6) is 0 Å². The van der Waals surface area contributed by atoms with Crippen LogP contribution in [0.15, 0.2) is 18.2 Å². The van der Waals surface area contributed by atoms with Crippen LogP contribution in [0.25, 0.3) is 0 Å². The summed E-state index contributed by atoms with van der Waals surface area (Å²) in [5.41, 5.74) is 4.78. The number of nitrogens with zero attached hydrogens (tertiary/aromatic N) is 1. The first kappa shape index (κ1) is 10.9. The molecule has 1 saturated carbocycles. The number of hydrogen-bond acceptors (Lipinski definition) is 2. The molecule has 0 aromatic heterocycles. The molecule has 1 aromatic carbocycles. The highest BCUT2D eigenvalue weighted by atomic mass is 15.2. The van der Waals surface area contributed by atoms with Gasteiger partial charge < -0.3 is 10.2 Å². The second-order valence-electron chi connectivity index (χ2n) is 6.04. The summed E-state index contributed by atoms with van der Waals surface area (Å²) < 4.78 is 0. The van der Waals surface area contributed by atoms with Gasteiger partial charge in [-0.25, -0.2) is 0 Å². The average molecular weight is 242 g/mol. The Morgan fingerprint density at radius 3 is 3.06 bits per heavy atom. The Kier molecular flexibility index (Phi) is 2.58. The van der Waals surface area contributed by atoms with Crippen molar-refractivity contribution in [2.75, 3.05) is 18.0 Å². The van der Waals surface area contributed by atoms with Crippen molar-refractivity contribution in [3.63, 3.8) is 0 Å². The van der Waals surface area contributed by atoms with Gasteiger partial charge in [0, 0.05) is 37.3 Å². The Balaban J connectivity index is 1.84. The summed E-state index contributed by atoms with van der Waals surface area (Å²) in [5.74, 6) is 0.820. The third-order valence-electron chi connectivity index (χ3n) is 5.06. The molecule has 2 atom stereocenters. The van der Waals surface area contributed by atoms with Crippen LogP contribution in [-0.4, -0.2) is 19.1 Å². The molecule has 3 aliphatic rings. The van der Waals surface area contributed by atoms with Crippen molar-refractivity contribution in [1.29, 1.82) is 0 Å². The first-order valence-electron chi connectivity index (χ1n) is 7.54. The van der Waals surface area contributed by atoms with Gasteiger partial charge in [0.25, 0.3) is 0 Å². The third kappa shape index (κ3) is 1.51. The van der Waals surface area contributed by atoms with E-state index in [0.29, 0.717) is 0 Å². The largest absolute Gasteiger partial charge is 0.366 e. The van der Waals surface area contributed by atoms with Gasteiger partial charge in [-0.05, 0) is 24.0 Å². The van der Waals surface area contributed by atoms with E-state index in [2.05, 4.69) is 28.4 Å². The molecule has 0 saturated heterocycles. The molecular weight excluding hydrogens is 220 g/mol. The molecule has 18 heavy (non-hydrogen) atoms. The first-order chi connectivity index (χ1) is 8.95. The zero-order valence-corrected chi connectivity index (χ0v) is 11.0. The van der Waals surface area contributed by atoms with Crippen LogP contribution in [0.2, 0.25) is 0 Å². The Bertz CT molecular complexity index is 454. The van der Waals surface area contributed by atoms with Crippen LogP contribution < -0.4 is 10.2 Å². The molecule has 0 spiro atoms. The molecule has 1 aliphatic carbocycles. The number of fused-ring (bicyclic) bond motifs is 3. The maximum atomic E-state index is 3.56. The number of benzene rings is 1. The van der Waals surface area contributed by atoms with Crippen LogP contribution >= 0.6 is 0 Å². The molecule has 2 nitrogen and oxygen atoms in total. The number of para-hydroxylation sites is 1. The van der Waals surface area contributed by atoms with E-state index in [1.165, 1.54) is 44.2 Å². The van der Waals surface area contributed by atoms with Crippen LogP contribution in [-0.2, 0) is 6.54 Å². The number of anilines is 1. The fraction of sp³-hybridized carbons (Fsp3) is 0.625. The molecule has 1 aromatic rings. The quantitative estimate of drug-likeness (QED) is 0.752. The fourth-order valence-corrected chi connectivity index (χ4v) is 4.29. The minimum Gasteiger partial charge on any atom is -0.366 e. The Labute approximate surface area is 109 Å². The molecule has 2 heterocycles. The standard InChI is InChI=1S/C16H22N2/c1-2-6-13-14-7-4-5-12-11-17-9-10-18(16(12)14)15(13)8-3-1/h4-5,7,13,15,17H,1-3,6,8-11H2. The SMILES string of the molecule is c1cc2c3c(c1)C1CCCCCC1N3CCNC2. The van der Waals surface area contributed by atoms with E-state index in [1.54, 1.807) is 11.3 Å². The summed E-state index contributed by atoms with van der Waals surface area (Å²) in [6.45, 7) is 3.39. The summed E-state index contributed by atoms with van der Waals surface area (Å²) >= 11 is 0. The van der Waals surface area contributed by atoms with Crippen molar-refractivity contribution < 1.29 is 0 Å². The van der Waals surface area contributed by atoms with Crippen molar-refractivity contribution >= 4 is 5.69 Å². The van der Waals surface area contributed by atoms with E-state index >= 15 is 0 Å². The van der Waals surface area contributed by atoms with Crippen molar-refractivity contribution in [3.05, 3.63) is 29.3 Å². The molecule has 2 heteroatoms. The summed E-state index contributed by atoms with van der Waals surface area (Å²) in [6, 6.07) is 7.78. The van der Waals surface area contributed by atoms with Gasteiger partial charge >= 0.3 is 0 Å². The molecule has 2 aliphatic heterocycles. The van der Waals surface area contributed by atoms with E-state index in [-0.39, 0.29) is 0 Å². The van der Waals surface area contributed by atoms with Crippen LogP contribution in [0.4, 0.5) is 5.69 Å². The van der Waals surface area contributed by atoms with Gasteiger partial charge in [-0.15, -0.1) is 0 Å². The Morgan fingerprint density at radius 1 is 1.11 bits per heavy atom. The zero-order chi connectivity index (χ0) is 11.9. The minimum atomic E-state index is 0.795. The van der Waals surface area contributed by atoms with E-state index in [0.717, 1.165) is 25.0 Å². The first-order valence-corrected chi connectivity index (χ1v) is 7.54. The molecule has 4 rings (SSSR count). The molecule has 96 valence electrons. The predicted molar refractivity (Wildman–Crippen MR) is 75.1 cm³/mol. The lowest BCUT2D eigenvalue weighted by molar-refractivity contribution is 0.495. The van der Waals surface area contributed by atoms with E-state index in [4.69, 9.17) is 0 Å². The zero-order valence-electron chi connectivity index (χ0n) is 11.0. The molecule has 0 amide bonds. The third-order valence-corrected chi connectivity index (χ3v) is 5.06. The number of nitrogens with one attached hydrogen (secondary N) is 1. The monoisotopic (exact) mass is 242 g/mol. The van der Waals surface area contributed by atoms with E-state index < -0.39 is 0 Å². The van der Waals surface area contributed by atoms with Gasteiger partial charge in [0.1, 0.15) is 0 Å².